The maximum Gasteiger partial charge on any atom is 0.226 e. The summed E-state index contributed by atoms with van der Waals surface area (Å²) in [5.41, 5.74) is 1.81. The molecule has 0 spiro atoms. The van der Waals surface area contributed by atoms with Crippen molar-refractivity contribution in [1.82, 2.24) is 15.6 Å². The SMILES string of the molecule is CN=C(NCc1coc(-c2ccccc2)n1)NCc1cc(F)ccc1F.I. The fraction of sp³-hybridized carbons (Fsp3) is 0.158. The highest BCUT2D eigenvalue weighted by Gasteiger charge is 2.08. The Kier molecular flexibility index (Phi) is 7.71. The zero-order valence-corrected chi connectivity index (χ0v) is 16.9. The van der Waals surface area contributed by atoms with E-state index in [1.54, 1.807) is 13.3 Å². The molecule has 0 aliphatic heterocycles. The molecule has 0 bridgehead atoms. The summed E-state index contributed by atoms with van der Waals surface area (Å²) in [4.78, 5) is 8.46. The van der Waals surface area contributed by atoms with Crippen LogP contribution in [0.2, 0.25) is 0 Å². The van der Waals surface area contributed by atoms with Gasteiger partial charge in [0.2, 0.25) is 5.89 Å². The Labute approximate surface area is 172 Å². The van der Waals surface area contributed by atoms with Crippen molar-refractivity contribution in [3.63, 3.8) is 0 Å². The van der Waals surface area contributed by atoms with Crippen LogP contribution in [0.3, 0.4) is 0 Å². The van der Waals surface area contributed by atoms with Crippen LogP contribution in [-0.4, -0.2) is 18.0 Å². The van der Waals surface area contributed by atoms with Gasteiger partial charge in [0, 0.05) is 24.7 Å². The number of oxazole rings is 1. The van der Waals surface area contributed by atoms with Crippen LogP contribution in [0, 0.1) is 11.6 Å². The average molecular weight is 484 g/mol. The molecule has 2 aromatic carbocycles. The lowest BCUT2D eigenvalue weighted by molar-refractivity contribution is 0.572. The predicted octanol–water partition coefficient (Wildman–Crippen LogP) is 4.10. The van der Waals surface area contributed by atoms with Gasteiger partial charge in [0.1, 0.15) is 17.9 Å². The molecule has 3 rings (SSSR count). The van der Waals surface area contributed by atoms with Gasteiger partial charge in [0.15, 0.2) is 5.96 Å². The second-order valence-electron chi connectivity index (χ2n) is 5.53. The summed E-state index contributed by atoms with van der Waals surface area (Å²) in [5, 5.41) is 5.99. The Bertz CT molecular complexity index is 900. The number of rotatable bonds is 5. The molecule has 8 heteroatoms. The molecular weight excluding hydrogens is 465 g/mol. The van der Waals surface area contributed by atoms with Crippen LogP contribution in [0.15, 0.2) is 64.2 Å². The maximum atomic E-state index is 13.6. The number of aromatic nitrogens is 1. The lowest BCUT2D eigenvalue weighted by atomic mass is 10.2. The summed E-state index contributed by atoms with van der Waals surface area (Å²) in [6.45, 7) is 0.485. The second kappa shape index (κ2) is 10.0. The van der Waals surface area contributed by atoms with E-state index in [9.17, 15) is 8.78 Å². The Balaban J connectivity index is 0.00000261. The summed E-state index contributed by atoms with van der Waals surface area (Å²) in [6, 6.07) is 12.9. The number of guanidine groups is 1. The molecule has 0 fully saturated rings. The average Bonchev–Trinajstić information content (AvgIpc) is 3.14. The quantitative estimate of drug-likeness (QED) is 0.325. The van der Waals surface area contributed by atoms with Gasteiger partial charge in [-0.25, -0.2) is 13.8 Å². The third-order valence-corrected chi connectivity index (χ3v) is 3.69. The first kappa shape index (κ1) is 20.8. The number of hydrogen-bond donors (Lipinski definition) is 2. The molecule has 27 heavy (non-hydrogen) atoms. The van der Waals surface area contributed by atoms with Crippen LogP contribution in [0.5, 0.6) is 0 Å². The minimum atomic E-state index is -0.484. The van der Waals surface area contributed by atoms with E-state index in [1.807, 2.05) is 30.3 Å². The number of nitrogens with zero attached hydrogens (tertiary/aromatic N) is 2. The molecule has 1 aromatic heterocycles. The number of halogens is 3. The standard InChI is InChI=1S/C19H18F2N4O.HI/c1-22-19(23-10-14-9-15(20)7-8-17(14)21)24-11-16-12-26-18(25-16)13-5-3-2-4-6-13;/h2-9,12H,10-11H2,1H3,(H2,22,23,24);1H. The van der Waals surface area contributed by atoms with Gasteiger partial charge in [-0.2, -0.15) is 0 Å². The topological polar surface area (TPSA) is 62.5 Å². The van der Waals surface area contributed by atoms with E-state index in [4.69, 9.17) is 4.42 Å². The fourth-order valence-corrected chi connectivity index (χ4v) is 2.35. The fourth-order valence-electron chi connectivity index (χ4n) is 2.35. The molecular formula is C19H19F2IN4O. The molecule has 0 atom stereocenters. The smallest absolute Gasteiger partial charge is 0.226 e. The van der Waals surface area contributed by atoms with Gasteiger partial charge in [-0.15, -0.1) is 24.0 Å². The van der Waals surface area contributed by atoms with Crippen LogP contribution in [0.4, 0.5) is 8.78 Å². The van der Waals surface area contributed by atoms with Gasteiger partial charge >= 0.3 is 0 Å². The first-order chi connectivity index (χ1) is 12.7. The van der Waals surface area contributed by atoms with Gasteiger partial charge in [0.05, 0.1) is 12.2 Å². The number of nitrogens with one attached hydrogen (secondary N) is 2. The summed E-state index contributed by atoms with van der Waals surface area (Å²) in [7, 11) is 1.59. The van der Waals surface area contributed by atoms with E-state index in [0.29, 0.717) is 24.1 Å². The van der Waals surface area contributed by atoms with Crippen molar-refractivity contribution in [3.8, 4) is 11.5 Å². The van der Waals surface area contributed by atoms with E-state index in [-0.39, 0.29) is 36.1 Å². The van der Waals surface area contributed by atoms with Crippen LogP contribution in [0.25, 0.3) is 11.5 Å². The van der Waals surface area contributed by atoms with Crippen LogP contribution >= 0.6 is 24.0 Å². The highest BCUT2D eigenvalue weighted by atomic mass is 127. The first-order valence-electron chi connectivity index (χ1n) is 8.04. The zero-order valence-electron chi connectivity index (χ0n) is 14.6. The van der Waals surface area contributed by atoms with Crippen molar-refractivity contribution in [2.24, 2.45) is 4.99 Å². The van der Waals surface area contributed by atoms with Crippen molar-refractivity contribution in [1.29, 1.82) is 0 Å². The largest absolute Gasteiger partial charge is 0.444 e. The first-order valence-corrected chi connectivity index (χ1v) is 8.04. The van der Waals surface area contributed by atoms with Crippen LogP contribution in [-0.2, 0) is 13.1 Å². The van der Waals surface area contributed by atoms with Crippen molar-refractivity contribution < 1.29 is 13.2 Å². The Morgan fingerprint density at radius 1 is 1.07 bits per heavy atom. The van der Waals surface area contributed by atoms with Crippen LogP contribution < -0.4 is 10.6 Å². The molecule has 0 aliphatic rings. The molecule has 0 aliphatic carbocycles. The minimum Gasteiger partial charge on any atom is -0.444 e. The molecule has 0 radical (unpaired) electrons. The third-order valence-electron chi connectivity index (χ3n) is 3.69. The summed E-state index contributed by atoms with van der Waals surface area (Å²) in [6.07, 6.45) is 1.56. The highest BCUT2D eigenvalue weighted by molar-refractivity contribution is 14.0. The van der Waals surface area contributed by atoms with Crippen molar-refractivity contribution >= 4 is 29.9 Å². The normalized spacial score (nSPS) is 11.0. The molecule has 142 valence electrons. The third kappa shape index (κ3) is 5.75. The second-order valence-corrected chi connectivity index (χ2v) is 5.53. The summed E-state index contributed by atoms with van der Waals surface area (Å²) >= 11 is 0. The number of hydrogen-bond acceptors (Lipinski definition) is 3. The molecule has 1 heterocycles. The molecule has 5 nitrogen and oxygen atoms in total. The Morgan fingerprint density at radius 3 is 2.56 bits per heavy atom. The van der Waals surface area contributed by atoms with Gasteiger partial charge in [-0.3, -0.25) is 4.99 Å². The van der Waals surface area contributed by atoms with Gasteiger partial charge in [-0.05, 0) is 30.3 Å². The van der Waals surface area contributed by atoms with Gasteiger partial charge in [-0.1, -0.05) is 18.2 Å². The van der Waals surface area contributed by atoms with E-state index in [1.165, 1.54) is 0 Å². The van der Waals surface area contributed by atoms with Crippen molar-refractivity contribution in [2.75, 3.05) is 7.05 Å². The number of aliphatic imine (C=N–C) groups is 1. The van der Waals surface area contributed by atoms with Crippen molar-refractivity contribution in [2.45, 2.75) is 13.1 Å². The lowest BCUT2D eigenvalue weighted by Gasteiger charge is -2.11. The summed E-state index contributed by atoms with van der Waals surface area (Å²) in [5.74, 6) is 0.0191. The Hall–Kier alpha value is -2.49. The predicted molar refractivity (Wildman–Crippen MR) is 111 cm³/mol. The van der Waals surface area contributed by atoms with Crippen LogP contribution in [0.1, 0.15) is 11.3 Å². The van der Waals surface area contributed by atoms with E-state index in [0.717, 1.165) is 23.8 Å². The van der Waals surface area contributed by atoms with Gasteiger partial charge < -0.3 is 15.1 Å². The zero-order chi connectivity index (χ0) is 18.4. The van der Waals surface area contributed by atoms with E-state index >= 15 is 0 Å². The van der Waals surface area contributed by atoms with Gasteiger partial charge in [0.25, 0.3) is 0 Å². The Morgan fingerprint density at radius 2 is 1.81 bits per heavy atom. The minimum absolute atomic E-state index is 0. The number of benzene rings is 2. The maximum absolute atomic E-state index is 13.6. The molecule has 0 amide bonds. The monoisotopic (exact) mass is 484 g/mol. The molecule has 3 aromatic rings. The van der Waals surface area contributed by atoms with E-state index < -0.39 is 11.6 Å². The summed E-state index contributed by atoms with van der Waals surface area (Å²) < 4.78 is 32.3. The molecule has 0 saturated carbocycles. The molecule has 0 saturated heterocycles. The highest BCUT2D eigenvalue weighted by Crippen LogP contribution is 2.17. The molecule has 0 unspecified atom stereocenters. The lowest BCUT2D eigenvalue weighted by Crippen LogP contribution is -2.36. The molecule has 2 N–H and O–H groups in total. The van der Waals surface area contributed by atoms with Crippen molar-refractivity contribution in [3.05, 3.63) is 77.7 Å². The van der Waals surface area contributed by atoms with E-state index in [2.05, 4.69) is 20.6 Å².